The molecule has 0 aromatic heterocycles. The fourth-order valence-corrected chi connectivity index (χ4v) is 0.834. The van der Waals surface area contributed by atoms with Crippen LogP contribution in [0.25, 0.3) is 0 Å². The van der Waals surface area contributed by atoms with Crippen LogP contribution >= 0.6 is 0 Å². The van der Waals surface area contributed by atoms with Gasteiger partial charge in [0.1, 0.15) is 5.76 Å². The van der Waals surface area contributed by atoms with Crippen molar-refractivity contribution in [3.8, 4) is 0 Å². The minimum absolute atomic E-state index is 0.0145. The van der Waals surface area contributed by atoms with Crippen LogP contribution in [0.3, 0.4) is 0 Å². The molecule has 0 saturated carbocycles. The molecule has 0 aliphatic rings. The van der Waals surface area contributed by atoms with Crippen molar-refractivity contribution in [1.29, 1.82) is 0 Å². The molecule has 0 aliphatic carbocycles. The van der Waals surface area contributed by atoms with Crippen LogP contribution in [0.15, 0.2) is 36.1 Å². The number of carbonyl (C=O) groups is 1. The summed E-state index contributed by atoms with van der Waals surface area (Å²) in [6.45, 7) is 6.76. The molecule has 0 rings (SSSR count). The molecule has 0 aromatic rings. The van der Waals surface area contributed by atoms with Crippen LogP contribution in [-0.2, 0) is 4.79 Å². The first kappa shape index (κ1) is 10.7. The Morgan fingerprint density at radius 2 is 2.17 bits per heavy atom. The molecule has 0 spiro atoms. The summed E-state index contributed by atoms with van der Waals surface area (Å²) < 4.78 is 0. The number of ketones is 1. The predicted octanol–water partition coefficient (Wildman–Crippen LogP) is 2.54. The largest absolute Gasteiger partial charge is 0.507 e. The van der Waals surface area contributed by atoms with Gasteiger partial charge in [0.15, 0.2) is 5.78 Å². The molecule has 0 aliphatic heterocycles. The van der Waals surface area contributed by atoms with Gasteiger partial charge in [0.2, 0.25) is 0 Å². The van der Waals surface area contributed by atoms with Crippen molar-refractivity contribution in [2.45, 2.75) is 20.3 Å². The predicted molar refractivity (Wildman–Crippen MR) is 50.0 cm³/mol. The molecule has 0 amide bonds. The molecule has 0 radical (unpaired) electrons. The summed E-state index contributed by atoms with van der Waals surface area (Å²) in [4.78, 5) is 10.9. The normalized spacial score (nSPS) is 12.8. The summed E-state index contributed by atoms with van der Waals surface area (Å²) in [6.07, 6.45) is 5.27. The van der Waals surface area contributed by atoms with Gasteiger partial charge in [-0.1, -0.05) is 25.7 Å². The standard InChI is InChI=1S/C10H14O2/c1-4-6-9(8(3)11)10(12)7-5-2/h5-7,12H,2,4H2,1,3H3/b9-6-,10-7+. The number of hydrogen-bond acceptors (Lipinski definition) is 2. The van der Waals surface area contributed by atoms with Crippen LogP contribution in [0.4, 0.5) is 0 Å². The molecule has 0 bridgehead atoms. The molecule has 0 saturated heterocycles. The van der Waals surface area contributed by atoms with Gasteiger partial charge < -0.3 is 5.11 Å². The Morgan fingerprint density at radius 1 is 1.58 bits per heavy atom. The van der Waals surface area contributed by atoms with Crippen molar-refractivity contribution in [3.63, 3.8) is 0 Å². The maximum absolute atomic E-state index is 10.9. The zero-order valence-corrected chi connectivity index (χ0v) is 7.50. The van der Waals surface area contributed by atoms with Gasteiger partial charge in [0, 0.05) is 0 Å². The first-order valence-electron chi connectivity index (χ1n) is 3.86. The van der Waals surface area contributed by atoms with E-state index in [4.69, 9.17) is 0 Å². The average Bonchev–Trinajstić information content (AvgIpc) is 1.99. The third-order valence-electron chi connectivity index (χ3n) is 1.34. The highest BCUT2D eigenvalue weighted by molar-refractivity contribution is 5.96. The van der Waals surface area contributed by atoms with Gasteiger partial charge in [0.05, 0.1) is 5.57 Å². The van der Waals surface area contributed by atoms with Gasteiger partial charge in [-0.05, 0) is 19.4 Å². The van der Waals surface area contributed by atoms with Gasteiger partial charge in [-0.25, -0.2) is 0 Å². The molecule has 1 N–H and O–H groups in total. The number of rotatable bonds is 4. The Balaban J connectivity index is 4.75. The van der Waals surface area contributed by atoms with Crippen molar-refractivity contribution in [3.05, 3.63) is 36.1 Å². The lowest BCUT2D eigenvalue weighted by Crippen LogP contribution is -1.99. The highest BCUT2D eigenvalue weighted by Gasteiger charge is 2.06. The molecular weight excluding hydrogens is 152 g/mol. The molecule has 0 heterocycles. The minimum Gasteiger partial charge on any atom is -0.507 e. The van der Waals surface area contributed by atoms with Crippen LogP contribution in [-0.4, -0.2) is 10.9 Å². The fourth-order valence-electron chi connectivity index (χ4n) is 0.834. The van der Waals surface area contributed by atoms with Crippen molar-refractivity contribution in [1.82, 2.24) is 0 Å². The Bertz CT molecular complexity index is 234. The van der Waals surface area contributed by atoms with E-state index in [1.807, 2.05) is 6.92 Å². The summed E-state index contributed by atoms with van der Waals surface area (Å²) in [6, 6.07) is 0. The van der Waals surface area contributed by atoms with Gasteiger partial charge in [-0.2, -0.15) is 0 Å². The smallest absolute Gasteiger partial charge is 0.163 e. The minimum atomic E-state index is -0.132. The number of aliphatic hydroxyl groups is 1. The number of allylic oxidation sites excluding steroid dienone is 4. The highest BCUT2D eigenvalue weighted by atomic mass is 16.3. The fraction of sp³-hybridized carbons (Fsp3) is 0.300. The van der Waals surface area contributed by atoms with E-state index < -0.39 is 0 Å². The number of Topliss-reactive ketones (excluding diaryl/α,β-unsaturated/α-hetero) is 1. The first-order chi connectivity index (χ1) is 5.63. The lowest BCUT2D eigenvalue weighted by Gasteiger charge is -2.00. The van der Waals surface area contributed by atoms with Crippen molar-refractivity contribution in [2.24, 2.45) is 0 Å². The van der Waals surface area contributed by atoms with Gasteiger partial charge in [-0.15, -0.1) is 0 Å². The zero-order chi connectivity index (χ0) is 9.56. The molecule has 66 valence electrons. The molecular formula is C10H14O2. The molecule has 0 atom stereocenters. The number of aliphatic hydroxyl groups excluding tert-OH is 1. The van der Waals surface area contributed by atoms with Crippen molar-refractivity contribution >= 4 is 5.78 Å². The van der Waals surface area contributed by atoms with Gasteiger partial charge in [-0.3, -0.25) is 4.79 Å². The van der Waals surface area contributed by atoms with Gasteiger partial charge in [0.25, 0.3) is 0 Å². The second-order valence-electron chi connectivity index (χ2n) is 2.37. The zero-order valence-electron chi connectivity index (χ0n) is 7.50. The molecule has 0 unspecified atom stereocenters. The quantitative estimate of drug-likeness (QED) is 0.396. The van der Waals surface area contributed by atoms with E-state index in [0.29, 0.717) is 5.57 Å². The third kappa shape index (κ3) is 3.19. The van der Waals surface area contributed by atoms with E-state index >= 15 is 0 Å². The van der Waals surface area contributed by atoms with E-state index in [2.05, 4.69) is 6.58 Å². The number of hydrogen-bond donors (Lipinski definition) is 1. The third-order valence-corrected chi connectivity index (χ3v) is 1.34. The Morgan fingerprint density at radius 3 is 2.50 bits per heavy atom. The summed E-state index contributed by atoms with van der Waals surface area (Å²) >= 11 is 0. The number of carbonyl (C=O) groups excluding carboxylic acids is 1. The molecule has 2 nitrogen and oxygen atoms in total. The van der Waals surface area contributed by atoms with E-state index in [9.17, 15) is 9.90 Å². The Kier molecular flexibility index (Phi) is 4.77. The van der Waals surface area contributed by atoms with Crippen LogP contribution in [0.1, 0.15) is 20.3 Å². The maximum Gasteiger partial charge on any atom is 0.163 e. The SMILES string of the molecule is C=C/C=C(O)\C(=C/CC)C(C)=O. The van der Waals surface area contributed by atoms with Crippen LogP contribution in [0.5, 0.6) is 0 Å². The van der Waals surface area contributed by atoms with E-state index in [0.717, 1.165) is 6.42 Å². The summed E-state index contributed by atoms with van der Waals surface area (Å²) in [5, 5.41) is 9.31. The molecule has 0 fully saturated rings. The molecule has 12 heavy (non-hydrogen) atoms. The van der Waals surface area contributed by atoms with Crippen molar-refractivity contribution < 1.29 is 9.90 Å². The summed E-state index contributed by atoms with van der Waals surface area (Å²) in [5.74, 6) is -0.146. The summed E-state index contributed by atoms with van der Waals surface area (Å²) in [5.41, 5.74) is 0.359. The topological polar surface area (TPSA) is 37.3 Å². The van der Waals surface area contributed by atoms with E-state index in [1.54, 1.807) is 6.08 Å². The van der Waals surface area contributed by atoms with E-state index in [-0.39, 0.29) is 11.5 Å². The lowest BCUT2D eigenvalue weighted by molar-refractivity contribution is -0.113. The van der Waals surface area contributed by atoms with Gasteiger partial charge >= 0.3 is 0 Å². The van der Waals surface area contributed by atoms with Crippen LogP contribution in [0.2, 0.25) is 0 Å². The second-order valence-corrected chi connectivity index (χ2v) is 2.37. The Hall–Kier alpha value is -1.31. The Labute approximate surface area is 72.9 Å². The van der Waals surface area contributed by atoms with Crippen LogP contribution in [0, 0.1) is 0 Å². The second kappa shape index (κ2) is 5.35. The highest BCUT2D eigenvalue weighted by Crippen LogP contribution is 2.08. The lowest BCUT2D eigenvalue weighted by atomic mass is 10.1. The molecule has 0 aromatic carbocycles. The van der Waals surface area contributed by atoms with Crippen LogP contribution < -0.4 is 0 Å². The average molecular weight is 166 g/mol. The van der Waals surface area contributed by atoms with E-state index in [1.165, 1.54) is 19.1 Å². The monoisotopic (exact) mass is 166 g/mol. The molecule has 2 heteroatoms. The first-order valence-corrected chi connectivity index (χ1v) is 3.86. The maximum atomic E-state index is 10.9. The van der Waals surface area contributed by atoms with Crippen molar-refractivity contribution in [2.75, 3.05) is 0 Å². The summed E-state index contributed by atoms with van der Waals surface area (Å²) in [7, 11) is 0.